The number of hydrogen-bond acceptors (Lipinski definition) is 2. The fourth-order valence-corrected chi connectivity index (χ4v) is 2.54. The second kappa shape index (κ2) is 3.60. The van der Waals surface area contributed by atoms with E-state index >= 15 is 0 Å². The molecule has 0 spiro atoms. The van der Waals surface area contributed by atoms with Crippen molar-refractivity contribution >= 4 is 17.4 Å². The number of ketones is 1. The van der Waals surface area contributed by atoms with Crippen molar-refractivity contribution in [2.45, 2.75) is 0 Å². The van der Waals surface area contributed by atoms with Gasteiger partial charge >= 0.3 is 0 Å². The Kier molecular flexibility index (Phi) is 2.20. The van der Waals surface area contributed by atoms with Crippen molar-refractivity contribution in [1.82, 2.24) is 0 Å². The average Bonchev–Trinajstić information content (AvgIpc) is 2.65. The third kappa shape index (κ3) is 1.31. The zero-order valence-corrected chi connectivity index (χ0v) is 9.91. The van der Waals surface area contributed by atoms with E-state index in [2.05, 4.69) is 0 Å². The van der Waals surface area contributed by atoms with Gasteiger partial charge in [-0.3, -0.25) is 4.79 Å². The molecular formula is C14H9ClO2. The fraction of sp³-hybridized carbons (Fsp3) is 0.0714. The van der Waals surface area contributed by atoms with Gasteiger partial charge in [-0.15, -0.1) is 0 Å². The molecule has 2 aromatic rings. The molecule has 2 nitrogen and oxygen atoms in total. The highest BCUT2D eigenvalue weighted by Gasteiger charge is 2.30. The molecule has 0 unspecified atom stereocenters. The Morgan fingerprint density at radius 3 is 2.47 bits per heavy atom. The van der Waals surface area contributed by atoms with Gasteiger partial charge in [0.05, 0.1) is 12.7 Å². The van der Waals surface area contributed by atoms with Crippen molar-refractivity contribution in [2.24, 2.45) is 0 Å². The standard InChI is InChI=1S/C14H9ClO2/c1-17-11-7-3-4-8-12-9(14(16)13(8)11)5-2-6-10(12)15/h2-7H,1H3. The Hall–Kier alpha value is -1.80. The summed E-state index contributed by atoms with van der Waals surface area (Å²) in [4.78, 5) is 12.3. The van der Waals surface area contributed by atoms with Crippen LogP contribution in [-0.4, -0.2) is 12.9 Å². The molecule has 2 aromatic carbocycles. The highest BCUT2D eigenvalue weighted by molar-refractivity contribution is 6.37. The first kappa shape index (κ1) is 10.4. The lowest BCUT2D eigenvalue weighted by atomic mass is 10.1. The van der Waals surface area contributed by atoms with E-state index in [-0.39, 0.29) is 5.78 Å². The molecule has 0 N–H and O–H groups in total. The van der Waals surface area contributed by atoms with Crippen LogP contribution in [0.4, 0.5) is 0 Å². The van der Waals surface area contributed by atoms with Gasteiger partial charge in [0.15, 0.2) is 5.78 Å². The molecule has 0 atom stereocenters. The van der Waals surface area contributed by atoms with Crippen LogP contribution >= 0.6 is 11.6 Å². The van der Waals surface area contributed by atoms with Gasteiger partial charge in [0.2, 0.25) is 0 Å². The average molecular weight is 245 g/mol. The smallest absolute Gasteiger partial charge is 0.198 e. The van der Waals surface area contributed by atoms with Gasteiger partial charge < -0.3 is 4.74 Å². The van der Waals surface area contributed by atoms with Gasteiger partial charge in [-0.05, 0) is 17.7 Å². The van der Waals surface area contributed by atoms with Crippen LogP contribution in [0.5, 0.6) is 5.75 Å². The summed E-state index contributed by atoms with van der Waals surface area (Å²) in [5.74, 6) is 0.578. The first-order valence-electron chi connectivity index (χ1n) is 5.24. The SMILES string of the molecule is COc1cccc2c1C(=O)c1cccc(Cl)c1-2. The number of carbonyl (C=O) groups excluding carboxylic acids is 1. The number of benzene rings is 2. The zero-order chi connectivity index (χ0) is 12.0. The van der Waals surface area contributed by atoms with E-state index in [4.69, 9.17) is 16.3 Å². The molecule has 17 heavy (non-hydrogen) atoms. The normalized spacial score (nSPS) is 12.2. The Bertz CT molecular complexity index is 632. The van der Waals surface area contributed by atoms with Crippen molar-refractivity contribution in [3.63, 3.8) is 0 Å². The summed E-state index contributed by atoms with van der Waals surface area (Å²) in [5.41, 5.74) is 2.93. The van der Waals surface area contributed by atoms with Gasteiger partial charge in [-0.2, -0.15) is 0 Å². The minimum atomic E-state index is -0.0186. The summed E-state index contributed by atoms with van der Waals surface area (Å²) >= 11 is 6.17. The third-order valence-corrected chi connectivity index (χ3v) is 3.32. The summed E-state index contributed by atoms with van der Waals surface area (Å²) in [6.45, 7) is 0. The number of rotatable bonds is 1. The molecule has 84 valence electrons. The van der Waals surface area contributed by atoms with Crippen molar-refractivity contribution < 1.29 is 9.53 Å². The van der Waals surface area contributed by atoms with Crippen molar-refractivity contribution in [3.05, 3.63) is 52.5 Å². The van der Waals surface area contributed by atoms with Crippen LogP contribution in [0, 0.1) is 0 Å². The van der Waals surface area contributed by atoms with Crippen LogP contribution in [0.2, 0.25) is 5.02 Å². The van der Waals surface area contributed by atoms with Crippen LogP contribution < -0.4 is 4.74 Å². The summed E-state index contributed by atoms with van der Waals surface area (Å²) in [7, 11) is 1.56. The van der Waals surface area contributed by atoms with Crippen LogP contribution in [0.3, 0.4) is 0 Å². The summed E-state index contributed by atoms with van der Waals surface area (Å²) in [5, 5.41) is 0.600. The molecule has 3 heteroatoms. The lowest BCUT2D eigenvalue weighted by molar-refractivity contribution is 0.104. The van der Waals surface area contributed by atoms with Crippen molar-refractivity contribution in [1.29, 1.82) is 0 Å². The lowest BCUT2D eigenvalue weighted by Gasteiger charge is -2.05. The second-order valence-electron chi connectivity index (χ2n) is 3.87. The van der Waals surface area contributed by atoms with Gasteiger partial charge in [0.25, 0.3) is 0 Å². The summed E-state index contributed by atoms with van der Waals surface area (Å²) < 4.78 is 5.23. The zero-order valence-electron chi connectivity index (χ0n) is 9.16. The van der Waals surface area contributed by atoms with Crippen LogP contribution in [0.25, 0.3) is 11.1 Å². The molecule has 0 bridgehead atoms. The van der Waals surface area contributed by atoms with Crippen LogP contribution in [0.1, 0.15) is 15.9 Å². The van der Waals surface area contributed by atoms with Gasteiger partial charge in [-0.1, -0.05) is 35.9 Å². The van der Waals surface area contributed by atoms with E-state index < -0.39 is 0 Å². The van der Waals surface area contributed by atoms with E-state index in [0.29, 0.717) is 21.9 Å². The largest absolute Gasteiger partial charge is 0.496 e. The maximum atomic E-state index is 12.3. The van der Waals surface area contributed by atoms with Crippen molar-refractivity contribution in [3.8, 4) is 16.9 Å². The van der Waals surface area contributed by atoms with Gasteiger partial charge in [0, 0.05) is 16.1 Å². The Morgan fingerprint density at radius 1 is 1.00 bits per heavy atom. The minimum absolute atomic E-state index is 0.0186. The molecule has 0 amide bonds. The van der Waals surface area contributed by atoms with Gasteiger partial charge in [0.1, 0.15) is 5.75 Å². The molecule has 0 aromatic heterocycles. The molecule has 0 heterocycles. The molecule has 0 aliphatic heterocycles. The highest BCUT2D eigenvalue weighted by atomic mass is 35.5. The molecule has 1 aliphatic carbocycles. The Morgan fingerprint density at radius 2 is 1.71 bits per heavy atom. The molecule has 0 radical (unpaired) electrons. The van der Waals surface area contributed by atoms with Gasteiger partial charge in [-0.25, -0.2) is 0 Å². The van der Waals surface area contributed by atoms with Crippen LogP contribution in [-0.2, 0) is 0 Å². The number of fused-ring (bicyclic) bond motifs is 3. The number of hydrogen-bond donors (Lipinski definition) is 0. The van der Waals surface area contributed by atoms with E-state index in [9.17, 15) is 4.79 Å². The summed E-state index contributed by atoms with van der Waals surface area (Å²) in [6.07, 6.45) is 0. The predicted octanol–water partition coefficient (Wildman–Crippen LogP) is 3.56. The van der Waals surface area contributed by atoms with E-state index in [1.54, 1.807) is 31.4 Å². The Balaban J connectivity index is 2.40. The maximum Gasteiger partial charge on any atom is 0.198 e. The van der Waals surface area contributed by atoms with E-state index in [0.717, 1.165) is 11.1 Å². The minimum Gasteiger partial charge on any atom is -0.496 e. The number of methoxy groups -OCH3 is 1. The monoisotopic (exact) mass is 244 g/mol. The molecule has 1 aliphatic rings. The Labute approximate surface area is 104 Å². The predicted molar refractivity (Wildman–Crippen MR) is 66.9 cm³/mol. The van der Waals surface area contributed by atoms with Crippen molar-refractivity contribution in [2.75, 3.05) is 7.11 Å². The number of halogens is 1. The molecule has 0 fully saturated rings. The number of ether oxygens (including phenoxy) is 1. The first-order valence-corrected chi connectivity index (χ1v) is 5.62. The molecule has 0 saturated carbocycles. The summed E-state index contributed by atoms with van der Waals surface area (Å²) in [6, 6.07) is 10.9. The quantitative estimate of drug-likeness (QED) is 0.654. The second-order valence-corrected chi connectivity index (χ2v) is 4.28. The van der Waals surface area contributed by atoms with Crippen LogP contribution in [0.15, 0.2) is 36.4 Å². The van der Waals surface area contributed by atoms with E-state index in [1.807, 2.05) is 12.1 Å². The molecular weight excluding hydrogens is 236 g/mol. The van der Waals surface area contributed by atoms with E-state index in [1.165, 1.54) is 0 Å². The first-order chi connectivity index (χ1) is 8.24. The number of carbonyl (C=O) groups is 1. The third-order valence-electron chi connectivity index (χ3n) is 3.00. The topological polar surface area (TPSA) is 26.3 Å². The fourth-order valence-electron chi connectivity index (χ4n) is 2.27. The lowest BCUT2D eigenvalue weighted by Crippen LogP contribution is -1.98. The highest BCUT2D eigenvalue weighted by Crippen LogP contribution is 2.44. The maximum absolute atomic E-state index is 12.3. The molecule has 3 rings (SSSR count). The molecule has 0 saturated heterocycles.